The summed E-state index contributed by atoms with van der Waals surface area (Å²) in [7, 11) is 2.99. The van der Waals surface area contributed by atoms with Crippen molar-refractivity contribution in [3.8, 4) is 28.7 Å². The van der Waals surface area contributed by atoms with Crippen molar-refractivity contribution in [1.29, 1.82) is 0 Å². The highest BCUT2D eigenvalue weighted by atomic mass is 35.5. The zero-order chi connectivity index (χ0) is 24.8. The van der Waals surface area contributed by atoms with Crippen molar-refractivity contribution in [3.05, 3.63) is 100 Å². The van der Waals surface area contributed by atoms with Gasteiger partial charge < -0.3 is 24.8 Å². The minimum atomic E-state index is 0.00995. The van der Waals surface area contributed by atoms with Crippen LogP contribution in [0.25, 0.3) is 0 Å². The molecule has 5 nitrogen and oxygen atoms in total. The minimum absolute atomic E-state index is 0.00995. The maximum absolute atomic E-state index is 11.1. The maximum Gasteiger partial charge on any atom is 0.161 e. The number of methoxy groups -OCH3 is 2. The first-order valence-corrected chi connectivity index (χ1v) is 11.2. The smallest absolute Gasteiger partial charge is 0.161 e. The number of rotatable bonds is 10. The van der Waals surface area contributed by atoms with Gasteiger partial charge in [0.1, 0.15) is 5.75 Å². The Balaban J connectivity index is 2.03. The molecule has 178 valence electrons. The number of halogens is 1. The number of phenols is 3. The average Bonchev–Trinajstić information content (AvgIpc) is 2.81. The molecule has 0 amide bonds. The predicted molar refractivity (Wildman–Crippen MR) is 136 cm³/mol. The van der Waals surface area contributed by atoms with Crippen LogP contribution >= 0.6 is 11.6 Å². The van der Waals surface area contributed by atoms with E-state index in [9.17, 15) is 15.3 Å². The Morgan fingerprint density at radius 1 is 0.676 bits per heavy atom. The van der Waals surface area contributed by atoms with Gasteiger partial charge in [0.25, 0.3) is 0 Å². The van der Waals surface area contributed by atoms with E-state index in [1.54, 1.807) is 36.4 Å². The molecule has 0 unspecified atom stereocenters. The van der Waals surface area contributed by atoms with Crippen molar-refractivity contribution in [2.24, 2.45) is 0 Å². The van der Waals surface area contributed by atoms with Gasteiger partial charge in [-0.1, -0.05) is 35.9 Å². The molecule has 3 rings (SSSR count). The monoisotopic (exact) mass is 480 g/mol. The van der Waals surface area contributed by atoms with Gasteiger partial charge in [0.15, 0.2) is 23.0 Å². The number of hydrogen-bond acceptors (Lipinski definition) is 5. The molecule has 0 saturated carbocycles. The van der Waals surface area contributed by atoms with Crippen LogP contribution in [0.3, 0.4) is 0 Å². The molecule has 3 aromatic rings. The molecule has 0 saturated heterocycles. The van der Waals surface area contributed by atoms with Crippen LogP contribution in [0.5, 0.6) is 28.7 Å². The number of hydrogen-bond donors (Lipinski definition) is 3. The van der Waals surface area contributed by atoms with Crippen molar-refractivity contribution in [3.63, 3.8) is 0 Å². The zero-order valence-electron chi connectivity index (χ0n) is 19.4. The van der Waals surface area contributed by atoms with Crippen molar-refractivity contribution >= 4 is 11.6 Å². The molecule has 0 fully saturated rings. The SMILES string of the molecule is C=CCc1cc(Cc2cc(Cl)cc(Cc3cc(CC=C)cc(OC)c3O)c2O)c(O)c(OC)c1. The third-order valence-electron chi connectivity index (χ3n) is 5.62. The molecule has 0 spiro atoms. The summed E-state index contributed by atoms with van der Waals surface area (Å²) in [5.41, 5.74) is 4.14. The molecule has 0 radical (unpaired) electrons. The van der Waals surface area contributed by atoms with Crippen molar-refractivity contribution in [2.75, 3.05) is 14.2 Å². The van der Waals surface area contributed by atoms with Crippen LogP contribution < -0.4 is 9.47 Å². The summed E-state index contributed by atoms with van der Waals surface area (Å²) in [6.07, 6.45) is 5.23. The summed E-state index contributed by atoms with van der Waals surface area (Å²) in [4.78, 5) is 0. The van der Waals surface area contributed by atoms with Gasteiger partial charge in [0, 0.05) is 40.1 Å². The molecule has 3 N–H and O–H groups in total. The normalized spacial score (nSPS) is 10.7. The van der Waals surface area contributed by atoms with E-state index in [1.807, 2.05) is 12.1 Å². The number of allylic oxidation sites excluding steroid dienone is 2. The van der Waals surface area contributed by atoms with Gasteiger partial charge in [-0.15, -0.1) is 13.2 Å². The molecule has 0 aromatic heterocycles. The topological polar surface area (TPSA) is 79.2 Å². The Kier molecular flexibility index (Phi) is 8.13. The molecule has 0 bridgehead atoms. The van der Waals surface area contributed by atoms with Gasteiger partial charge in [0.05, 0.1) is 14.2 Å². The Morgan fingerprint density at radius 2 is 1.06 bits per heavy atom. The highest BCUT2D eigenvalue weighted by Gasteiger charge is 2.18. The van der Waals surface area contributed by atoms with E-state index in [0.29, 0.717) is 51.6 Å². The molecular formula is C28H29ClO5. The van der Waals surface area contributed by atoms with E-state index in [0.717, 1.165) is 11.1 Å². The summed E-state index contributed by atoms with van der Waals surface area (Å²) in [6.45, 7) is 7.53. The summed E-state index contributed by atoms with van der Waals surface area (Å²) in [5.74, 6) is 0.773. The van der Waals surface area contributed by atoms with E-state index < -0.39 is 0 Å². The fraction of sp³-hybridized carbons (Fsp3) is 0.214. The standard InChI is InChI=1S/C28H29ClO5/c1-5-7-17-9-19(27(31)24(11-17)33-3)13-21-15-23(29)16-22(26(21)30)14-20-10-18(8-6-2)12-25(34-4)28(20)32/h5-6,9-12,15-16,30-32H,1-2,7-8,13-14H2,3-4H3. The van der Waals surface area contributed by atoms with Crippen molar-refractivity contribution < 1.29 is 24.8 Å². The lowest BCUT2D eigenvalue weighted by Gasteiger charge is -2.16. The van der Waals surface area contributed by atoms with Gasteiger partial charge in [-0.05, 0) is 48.2 Å². The molecule has 0 heterocycles. The fourth-order valence-electron chi connectivity index (χ4n) is 4.00. The molecule has 0 aliphatic heterocycles. The van der Waals surface area contributed by atoms with Crippen LogP contribution in [0.15, 0.2) is 61.7 Å². The second-order valence-corrected chi connectivity index (χ2v) is 8.46. The fourth-order valence-corrected chi connectivity index (χ4v) is 4.27. The minimum Gasteiger partial charge on any atom is -0.507 e. The predicted octanol–water partition coefficient (Wildman–Crippen LogP) is 6.11. The summed E-state index contributed by atoms with van der Waals surface area (Å²) in [5, 5.41) is 32.9. The third kappa shape index (κ3) is 5.49. The molecule has 3 aromatic carbocycles. The molecular weight excluding hydrogens is 452 g/mol. The highest BCUT2D eigenvalue weighted by Crippen LogP contribution is 2.39. The summed E-state index contributed by atoms with van der Waals surface area (Å²) in [6, 6.07) is 10.6. The van der Waals surface area contributed by atoms with Gasteiger partial charge in [-0.2, -0.15) is 0 Å². The number of aromatic hydroxyl groups is 3. The first kappa shape index (κ1) is 25.1. The van der Waals surface area contributed by atoms with Crippen LogP contribution in [0.1, 0.15) is 33.4 Å². The highest BCUT2D eigenvalue weighted by molar-refractivity contribution is 6.30. The van der Waals surface area contributed by atoms with Gasteiger partial charge in [0.2, 0.25) is 0 Å². The van der Waals surface area contributed by atoms with Crippen LogP contribution in [-0.4, -0.2) is 29.5 Å². The molecule has 34 heavy (non-hydrogen) atoms. The average molecular weight is 481 g/mol. The maximum atomic E-state index is 11.1. The van der Waals surface area contributed by atoms with Crippen molar-refractivity contribution in [2.45, 2.75) is 25.7 Å². The van der Waals surface area contributed by atoms with E-state index in [2.05, 4.69) is 13.2 Å². The van der Waals surface area contributed by atoms with Crippen LogP contribution in [0, 0.1) is 0 Å². The van der Waals surface area contributed by atoms with E-state index in [4.69, 9.17) is 21.1 Å². The Labute approximate surface area is 205 Å². The largest absolute Gasteiger partial charge is 0.507 e. The van der Waals surface area contributed by atoms with E-state index >= 15 is 0 Å². The lowest BCUT2D eigenvalue weighted by Crippen LogP contribution is -1.99. The first-order valence-electron chi connectivity index (χ1n) is 10.8. The van der Waals surface area contributed by atoms with E-state index in [-0.39, 0.29) is 30.1 Å². The van der Waals surface area contributed by atoms with E-state index in [1.165, 1.54) is 14.2 Å². The lowest BCUT2D eigenvalue weighted by atomic mass is 9.94. The molecule has 0 aliphatic carbocycles. The van der Waals surface area contributed by atoms with Gasteiger partial charge >= 0.3 is 0 Å². The quantitative estimate of drug-likeness (QED) is 0.305. The number of benzene rings is 3. The summed E-state index contributed by atoms with van der Waals surface area (Å²) < 4.78 is 10.6. The summed E-state index contributed by atoms with van der Waals surface area (Å²) >= 11 is 6.40. The second kappa shape index (κ2) is 11.0. The molecule has 0 atom stereocenters. The van der Waals surface area contributed by atoms with Crippen LogP contribution in [0.2, 0.25) is 5.02 Å². The third-order valence-corrected chi connectivity index (χ3v) is 5.84. The first-order chi connectivity index (χ1) is 16.3. The lowest BCUT2D eigenvalue weighted by molar-refractivity contribution is 0.370. The Bertz CT molecular complexity index is 1130. The van der Waals surface area contributed by atoms with Gasteiger partial charge in [-0.25, -0.2) is 0 Å². The van der Waals surface area contributed by atoms with Gasteiger partial charge in [-0.3, -0.25) is 0 Å². The van der Waals surface area contributed by atoms with Crippen molar-refractivity contribution in [1.82, 2.24) is 0 Å². The molecule has 0 aliphatic rings. The zero-order valence-corrected chi connectivity index (χ0v) is 20.2. The van der Waals surface area contributed by atoms with Crippen LogP contribution in [-0.2, 0) is 25.7 Å². The second-order valence-electron chi connectivity index (χ2n) is 8.02. The Morgan fingerprint density at radius 3 is 1.41 bits per heavy atom. The molecule has 6 heteroatoms. The number of ether oxygens (including phenoxy) is 2. The van der Waals surface area contributed by atoms with Crippen LogP contribution in [0.4, 0.5) is 0 Å². The number of phenolic OH excluding ortho intramolecular Hbond substituents is 3. The Hall–Kier alpha value is -3.57.